The molecule has 7 heteroatoms. The van der Waals surface area contributed by atoms with Crippen molar-refractivity contribution in [1.29, 1.82) is 0 Å². The standard InChI is InChI=1S/C27H21N3O3S/c1-18-16-23(31)30(29-18)17-24(32)33-22-14-12-21(13-15-22)27-28-25(19-8-4-2-5-9-19)26(34-27)20-10-6-3-7-11-20/h2-15H,16-17H2,1H3. The molecule has 2 heterocycles. The smallest absolute Gasteiger partial charge is 0.333 e. The summed E-state index contributed by atoms with van der Waals surface area (Å²) in [6.07, 6.45) is 0.242. The molecule has 1 aromatic heterocycles. The molecule has 0 saturated heterocycles. The van der Waals surface area contributed by atoms with Gasteiger partial charge in [0, 0.05) is 16.8 Å². The van der Waals surface area contributed by atoms with Crippen molar-refractivity contribution in [3.05, 3.63) is 84.9 Å². The molecular formula is C27H21N3O3S. The maximum Gasteiger partial charge on any atom is 0.333 e. The largest absolute Gasteiger partial charge is 0.425 e. The lowest BCUT2D eigenvalue weighted by molar-refractivity contribution is -0.141. The van der Waals surface area contributed by atoms with Crippen LogP contribution in [-0.4, -0.2) is 34.1 Å². The van der Waals surface area contributed by atoms with Gasteiger partial charge in [0.05, 0.1) is 17.0 Å². The Kier molecular flexibility index (Phi) is 6.01. The number of esters is 1. The van der Waals surface area contributed by atoms with Crippen LogP contribution in [0.1, 0.15) is 13.3 Å². The molecule has 0 atom stereocenters. The van der Waals surface area contributed by atoms with Crippen molar-refractivity contribution in [2.24, 2.45) is 5.10 Å². The van der Waals surface area contributed by atoms with Crippen LogP contribution in [-0.2, 0) is 9.59 Å². The van der Waals surface area contributed by atoms with Crippen LogP contribution in [0.3, 0.4) is 0 Å². The summed E-state index contributed by atoms with van der Waals surface area (Å²) in [7, 11) is 0. The third-order valence-electron chi connectivity index (χ3n) is 5.31. The maximum absolute atomic E-state index is 12.2. The second-order valence-corrected chi connectivity index (χ2v) is 8.89. The van der Waals surface area contributed by atoms with Gasteiger partial charge in [-0.15, -0.1) is 11.3 Å². The van der Waals surface area contributed by atoms with Crippen LogP contribution in [0.4, 0.5) is 0 Å². The molecule has 34 heavy (non-hydrogen) atoms. The molecule has 5 rings (SSSR count). The Balaban J connectivity index is 1.37. The Morgan fingerprint density at radius 1 is 0.912 bits per heavy atom. The molecule has 0 spiro atoms. The van der Waals surface area contributed by atoms with Gasteiger partial charge in [0.2, 0.25) is 5.91 Å². The van der Waals surface area contributed by atoms with Gasteiger partial charge in [0.15, 0.2) is 0 Å². The number of benzene rings is 3. The second kappa shape index (κ2) is 9.41. The molecule has 168 valence electrons. The Labute approximate surface area is 201 Å². The summed E-state index contributed by atoms with van der Waals surface area (Å²) in [6.45, 7) is 1.55. The van der Waals surface area contributed by atoms with E-state index in [1.54, 1.807) is 30.4 Å². The number of ether oxygens (including phenoxy) is 1. The molecule has 0 bridgehead atoms. The van der Waals surface area contributed by atoms with Crippen LogP contribution >= 0.6 is 11.3 Å². The number of hydrogen-bond donors (Lipinski definition) is 0. The zero-order chi connectivity index (χ0) is 23.5. The summed E-state index contributed by atoms with van der Waals surface area (Å²) in [5.74, 6) is -0.326. The quantitative estimate of drug-likeness (QED) is 0.271. The van der Waals surface area contributed by atoms with E-state index in [0.29, 0.717) is 11.5 Å². The summed E-state index contributed by atoms with van der Waals surface area (Å²) in [4.78, 5) is 30.1. The van der Waals surface area contributed by atoms with Gasteiger partial charge in [-0.05, 0) is 36.8 Å². The third-order valence-corrected chi connectivity index (χ3v) is 6.46. The van der Waals surface area contributed by atoms with Crippen LogP contribution in [0.2, 0.25) is 0 Å². The van der Waals surface area contributed by atoms with Crippen molar-refractivity contribution in [1.82, 2.24) is 9.99 Å². The van der Waals surface area contributed by atoms with E-state index in [4.69, 9.17) is 9.72 Å². The van der Waals surface area contributed by atoms with Gasteiger partial charge in [-0.25, -0.2) is 14.8 Å². The van der Waals surface area contributed by atoms with Crippen LogP contribution in [0, 0.1) is 0 Å². The monoisotopic (exact) mass is 467 g/mol. The van der Waals surface area contributed by atoms with Crippen molar-refractivity contribution in [3.8, 4) is 38.0 Å². The normalized spacial score (nSPS) is 13.1. The summed E-state index contributed by atoms with van der Waals surface area (Å²) >= 11 is 1.62. The number of aromatic nitrogens is 1. The zero-order valence-electron chi connectivity index (χ0n) is 18.5. The number of thiazole rings is 1. The van der Waals surface area contributed by atoms with E-state index in [2.05, 4.69) is 29.4 Å². The maximum atomic E-state index is 12.2. The highest BCUT2D eigenvalue weighted by atomic mass is 32.1. The van der Waals surface area contributed by atoms with E-state index in [1.807, 2.05) is 48.5 Å². The van der Waals surface area contributed by atoms with Crippen LogP contribution < -0.4 is 4.74 Å². The first-order valence-electron chi connectivity index (χ1n) is 10.8. The number of nitrogens with zero attached hydrogens (tertiary/aromatic N) is 3. The van der Waals surface area contributed by atoms with Gasteiger partial charge in [0.25, 0.3) is 0 Å². The Morgan fingerprint density at radius 2 is 1.56 bits per heavy atom. The first kappa shape index (κ1) is 21.7. The zero-order valence-corrected chi connectivity index (χ0v) is 19.3. The van der Waals surface area contributed by atoms with Crippen LogP contribution in [0.15, 0.2) is 90.0 Å². The van der Waals surface area contributed by atoms with Gasteiger partial charge in [0.1, 0.15) is 17.3 Å². The molecular weight excluding hydrogens is 446 g/mol. The molecule has 0 fully saturated rings. The predicted octanol–water partition coefficient (Wildman–Crippen LogP) is 5.66. The predicted molar refractivity (Wildman–Crippen MR) is 133 cm³/mol. The number of carbonyl (C=O) groups excluding carboxylic acids is 2. The lowest BCUT2D eigenvalue weighted by Crippen LogP contribution is -2.30. The SMILES string of the molecule is CC1=NN(CC(=O)Oc2ccc(-c3nc(-c4ccccc4)c(-c4ccccc4)s3)cc2)C(=O)C1. The highest BCUT2D eigenvalue weighted by Gasteiger charge is 2.24. The lowest BCUT2D eigenvalue weighted by atomic mass is 10.1. The molecule has 0 N–H and O–H groups in total. The first-order valence-corrected chi connectivity index (χ1v) is 11.7. The van der Waals surface area contributed by atoms with E-state index >= 15 is 0 Å². The Bertz CT molecular complexity index is 1310. The fourth-order valence-corrected chi connectivity index (χ4v) is 4.80. The van der Waals surface area contributed by atoms with Gasteiger partial charge in [-0.2, -0.15) is 5.10 Å². The Hall–Kier alpha value is -4.10. The van der Waals surface area contributed by atoms with Gasteiger partial charge in [-0.1, -0.05) is 60.7 Å². The van der Waals surface area contributed by atoms with Crippen molar-refractivity contribution in [2.75, 3.05) is 6.54 Å². The first-order chi connectivity index (χ1) is 16.6. The minimum atomic E-state index is -0.536. The van der Waals surface area contributed by atoms with E-state index < -0.39 is 5.97 Å². The molecule has 3 aromatic carbocycles. The van der Waals surface area contributed by atoms with Gasteiger partial charge >= 0.3 is 5.97 Å². The molecule has 0 unspecified atom stereocenters. The molecule has 6 nitrogen and oxygen atoms in total. The number of rotatable bonds is 6. The second-order valence-electron chi connectivity index (χ2n) is 7.89. The van der Waals surface area contributed by atoms with Crippen molar-refractivity contribution >= 4 is 28.9 Å². The van der Waals surface area contributed by atoms with Crippen LogP contribution in [0.5, 0.6) is 5.75 Å². The molecule has 0 aliphatic carbocycles. The van der Waals surface area contributed by atoms with E-state index in [-0.39, 0.29) is 18.9 Å². The average Bonchev–Trinajstić information content (AvgIpc) is 3.43. The Morgan fingerprint density at radius 3 is 2.18 bits per heavy atom. The minimum Gasteiger partial charge on any atom is -0.425 e. The van der Waals surface area contributed by atoms with E-state index in [0.717, 1.165) is 37.3 Å². The van der Waals surface area contributed by atoms with Crippen molar-refractivity contribution < 1.29 is 14.3 Å². The molecule has 0 radical (unpaired) electrons. The minimum absolute atomic E-state index is 0.197. The fourth-order valence-electron chi connectivity index (χ4n) is 3.70. The topological polar surface area (TPSA) is 71.9 Å². The summed E-state index contributed by atoms with van der Waals surface area (Å²) < 4.78 is 5.40. The number of hydrazone groups is 1. The van der Waals surface area contributed by atoms with E-state index in [1.165, 1.54) is 0 Å². The van der Waals surface area contributed by atoms with Crippen molar-refractivity contribution in [2.45, 2.75) is 13.3 Å². The number of hydrogen-bond acceptors (Lipinski definition) is 6. The fraction of sp³-hybridized carbons (Fsp3) is 0.111. The molecule has 4 aromatic rings. The number of amides is 1. The van der Waals surface area contributed by atoms with Gasteiger partial charge < -0.3 is 4.74 Å². The summed E-state index contributed by atoms with van der Waals surface area (Å²) in [5.41, 5.74) is 4.73. The van der Waals surface area contributed by atoms with E-state index in [9.17, 15) is 9.59 Å². The highest BCUT2D eigenvalue weighted by molar-refractivity contribution is 7.19. The van der Waals surface area contributed by atoms with Crippen molar-refractivity contribution in [3.63, 3.8) is 0 Å². The van der Waals surface area contributed by atoms with Gasteiger partial charge in [-0.3, -0.25) is 4.79 Å². The summed E-state index contributed by atoms with van der Waals surface area (Å²) in [5, 5.41) is 6.09. The lowest BCUT2D eigenvalue weighted by Gasteiger charge is -2.11. The highest BCUT2D eigenvalue weighted by Crippen LogP contribution is 2.40. The van der Waals surface area contributed by atoms with Crippen LogP contribution in [0.25, 0.3) is 32.3 Å². The third kappa shape index (κ3) is 4.65. The molecule has 0 saturated carbocycles. The molecule has 1 amide bonds. The molecule has 1 aliphatic rings. The number of carbonyl (C=O) groups is 2. The molecule has 1 aliphatic heterocycles. The average molecular weight is 468 g/mol. The summed E-state index contributed by atoms with van der Waals surface area (Å²) in [6, 6.07) is 27.6.